The molecule has 0 aromatic rings. The van der Waals surface area contributed by atoms with Crippen LogP contribution in [0.5, 0.6) is 0 Å². The second kappa shape index (κ2) is 6.11. The van der Waals surface area contributed by atoms with Gasteiger partial charge in [-0.25, -0.2) is 0 Å². The van der Waals surface area contributed by atoms with Crippen LogP contribution in [-0.2, 0) is 4.79 Å². The van der Waals surface area contributed by atoms with Crippen LogP contribution in [0.3, 0.4) is 0 Å². The molecule has 0 atom stereocenters. The zero-order valence-electron chi connectivity index (χ0n) is 11.1. The van der Waals surface area contributed by atoms with Crippen molar-refractivity contribution in [2.45, 2.75) is 47.1 Å². The third-order valence-electron chi connectivity index (χ3n) is 2.03. The number of nitrogens with one attached hydrogen (secondary N) is 1. The van der Waals surface area contributed by atoms with E-state index in [1.54, 1.807) is 0 Å². The Kier molecular flexibility index (Phi) is 5.88. The van der Waals surface area contributed by atoms with Gasteiger partial charge in [-0.15, -0.1) is 0 Å². The van der Waals surface area contributed by atoms with E-state index in [-0.39, 0.29) is 11.3 Å². The van der Waals surface area contributed by atoms with Crippen LogP contribution in [0.25, 0.3) is 0 Å². The van der Waals surface area contributed by atoms with Gasteiger partial charge in [-0.05, 0) is 5.41 Å². The lowest BCUT2D eigenvalue weighted by Gasteiger charge is -2.26. The first-order valence-corrected chi connectivity index (χ1v) is 5.70. The van der Waals surface area contributed by atoms with Crippen molar-refractivity contribution in [3.63, 3.8) is 0 Å². The maximum atomic E-state index is 11.7. The van der Waals surface area contributed by atoms with Crippen LogP contribution in [-0.4, -0.2) is 37.0 Å². The normalized spacial score (nSPS) is 11.9. The highest BCUT2D eigenvalue weighted by Crippen LogP contribution is 2.14. The van der Waals surface area contributed by atoms with Gasteiger partial charge in [0.2, 0.25) is 5.91 Å². The average Bonchev–Trinajstić information content (AvgIpc) is 1.99. The number of hydrogen-bond acceptors (Lipinski definition) is 2. The summed E-state index contributed by atoms with van der Waals surface area (Å²) in [6.07, 6.45) is 0.588. The maximum Gasteiger partial charge on any atom is 0.223 e. The largest absolute Gasteiger partial charge is 0.345 e. The summed E-state index contributed by atoms with van der Waals surface area (Å²) in [4.78, 5) is 13.5. The Balaban J connectivity index is 3.80. The molecule has 0 fully saturated rings. The number of nitrogens with zero attached hydrogens (tertiary/aromatic N) is 1. The van der Waals surface area contributed by atoms with E-state index in [9.17, 15) is 4.79 Å². The summed E-state index contributed by atoms with van der Waals surface area (Å²) < 4.78 is 0. The molecular formula is C12H26N2O. The third kappa shape index (κ3) is 8.43. The molecule has 0 saturated heterocycles. The highest BCUT2D eigenvalue weighted by molar-refractivity contribution is 5.76. The van der Waals surface area contributed by atoms with Gasteiger partial charge in [0.25, 0.3) is 0 Å². The van der Waals surface area contributed by atoms with E-state index in [0.29, 0.717) is 12.5 Å². The summed E-state index contributed by atoms with van der Waals surface area (Å²) in [6.45, 7) is 12.2. The molecular weight excluding hydrogens is 188 g/mol. The summed E-state index contributed by atoms with van der Waals surface area (Å²) in [5, 5.41) is 3.25. The van der Waals surface area contributed by atoms with Gasteiger partial charge in [0.1, 0.15) is 0 Å². The van der Waals surface area contributed by atoms with Gasteiger partial charge in [-0.1, -0.05) is 34.6 Å². The Morgan fingerprint density at radius 1 is 1.33 bits per heavy atom. The first kappa shape index (κ1) is 14.4. The number of hydrogen-bond donors (Lipinski definition) is 1. The molecule has 0 bridgehead atoms. The third-order valence-corrected chi connectivity index (χ3v) is 2.03. The SMILES string of the molecule is CC(C)NCCC(=O)N(C)CC(C)(C)C. The van der Waals surface area contributed by atoms with Crippen LogP contribution in [0.15, 0.2) is 0 Å². The van der Waals surface area contributed by atoms with Crippen molar-refractivity contribution in [2.24, 2.45) is 5.41 Å². The predicted molar refractivity (Wildman–Crippen MR) is 64.8 cm³/mol. The molecule has 0 saturated carbocycles. The van der Waals surface area contributed by atoms with Gasteiger partial charge in [0.05, 0.1) is 0 Å². The van der Waals surface area contributed by atoms with Crippen molar-refractivity contribution < 1.29 is 4.79 Å². The minimum absolute atomic E-state index is 0.176. The second-order valence-electron chi connectivity index (χ2n) is 5.67. The first-order valence-electron chi connectivity index (χ1n) is 5.70. The molecule has 0 heterocycles. The Labute approximate surface area is 94.2 Å². The van der Waals surface area contributed by atoms with Crippen LogP contribution in [0.2, 0.25) is 0 Å². The second-order valence-corrected chi connectivity index (χ2v) is 5.67. The summed E-state index contributed by atoms with van der Waals surface area (Å²) in [6, 6.07) is 0.450. The molecule has 0 aromatic carbocycles. The first-order chi connectivity index (χ1) is 6.72. The van der Waals surface area contributed by atoms with Gasteiger partial charge >= 0.3 is 0 Å². The molecule has 1 N–H and O–H groups in total. The van der Waals surface area contributed by atoms with Crippen LogP contribution in [0.4, 0.5) is 0 Å². The van der Waals surface area contributed by atoms with Gasteiger partial charge in [-0.2, -0.15) is 0 Å². The van der Waals surface area contributed by atoms with Crippen molar-refractivity contribution in [1.82, 2.24) is 10.2 Å². The van der Waals surface area contributed by atoms with E-state index in [1.165, 1.54) is 0 Å². The molecule has 3 nitrogen and oxygen atoms in total. The van der Waals surface area contributed by atoms with Gasteiger partial charge in [-0.3, -0.25) is 4.79 Å². The predicted octanol–water partition coefficient (Wildman–Crippen LogP) is 1.88. The monoisotopic (exact) mass is 214 g/mol. The fourth-order valence-electron chi connectivity index (χ4n) is 1.46. The number of rotatable bonds is 5. The molecule has 0 aromatic heterocycles. The minimum Gasteiger partial charge on any atom is -0.345 e. The Morgan fingerprint density at radius 3 is 2.27 bits per heavy atom. The smallest absolute Gasteiger partial charge is 0.223 e. The molecule has 0 unspecified atom stereocenters. The molecule has 0 aliphatic heterocycles. The molecule has 0 aliphatic rings. The average molecular weight is 214 g/mol. The molecule has 90 valence electrons. The summed E-state index contributed by atoms with van der Waals surface area (Å²) in [7, 11) is 1.88. The number of carbonyl (C=O) groups is 1. The molecule has 0 rings (SSSR count). The van der Waals surface area contributed by atoms with Crippen molar-refractivity contribution in [2.75, 3.05) is 20.1 Å². The van der Waals surface area contributed by atoms with Gasteiger partial charge < -0.3 is 10.2 Å². The van der Waals surface area contributed by atoms with Crippen LogP contribution in [0.1, 0.15) is 41.0 Å². The van der Waals surface area contributed by atoms with E-state index in [1.807, 2.05) is 11.9 Å². The van der Waals surface area contributed by atoms with E-state index < -0.39 is 0 Å². The Hall–Kier alpha value is -0.570. The molecule has 0 aliphatic carbocycles. The van der Waals surface area contributed by atoms with Crippen LogP contribution < -0.4 is 5.32 Å². The maximum absolute atomic E-state index is 11.7. The van der Waals surface area contributed by atoms with E-state index in [0.717, 1.165) is 13.1 Å². The highest BCUT2D eigenvalue weighted by atomic mass is 16.2. The van der Waals surface area contributed by atoms with E-state index in [2.05, 4.69) is 39.9 Å². The van der Waals surface area contributed by atoms with Crippen LogP contribution >= 0.6 is 0 Å². The lowest BCUT2D eigenvalue weighted by molar-refractivity contribution is -0.130. The van der Waals surface area contributed by atoms with Crippen molar-refractivity contribution in [3.8, 4) is 0 Å². The lowest BCUT2D eigenvalue weighted by Crippen LogP contribution is -2.36. The quantitative estimate of drug-likeness (QED) is 0.758. The fourth-order valence-corrected chi connectivity index (χ4v) is 1.46. The Bertz CT molecular complexity index is 194. The van der Waals surface area contributed by atoms with Gasteiger partial charge in [0, 0.05) is 32.6 Å². The Morgan fingerprint density at radius 2 is 1.87 bits per heavy atom. The zero-order valence-corrected chi connectivity index (χ0v) is 11.1. The summed E-state index contributed by atoms with van der Waals surface area (Å²) >= 11 is 0. The van der Waals surface area contributed by atoms with Crippen molar-refractivity contribution in [1.29, 1.82) is 0 Å². The summed E-state index contributed by atoms with van der Waals surface area (Å²) in [5.74, 6) is 0.220. The summed E-state index contributed by atoms with van der Waals surface area (Å²) in [5.41, 5.74) is 0.176. The van der Waals surface area contributed by atoms with Crippen molar-refractivity contribution >= 4 is 5.91 Å². The molecule has 15 heavy (non-hydrogen) atoms. The molecule has 3 heteroatoms. The molecule has 0 spiro atoms. The van der Waals surface area contributed by atoms with Gasteiger partial charge in [0.15, 0.2) is 0 Å². The van der Waals surface area contributed by atoms with E-state index >= 15 is 0 Å². The standard InChI is InChI=1S/C12H26N2O/c1-10(2)13-8-7-11(15)14(6)9-12(3,4)5/h10,13H,7-9H2,1-6H3. The lowest BCUT2D eigenvalue weighted by atomic mass is 9.96. The topological polar surface area (TPSA) is 32.3 Å². The number of amides is 1. The fraction of sp³-hybridized carbons (Fsp3) is 0.917. The van der Waals surface area contributed by atoms with Crippen molar-refractivity contribution in [3.05, 3.63) is 0 Å². The molecule has 0 radical (unpaired) electrons. The highest BCUT2D eigenvalue weighted by Gasteiger charge is 2.17. The molecule has 1 amide bonds. The minimum atomic E-state index is 0.176. The number of carbonyl (C=O) groups excluding carboxylic acids is 1. The zero-order chi connectivity index (χ0) is 12.1. The van der Waals surface area contributed by atoms with Crippen LogP contribution in [0, 0.1) is 5.41 Å². The van der Waals surface area contributed by atoms with E-state index in [4.69, 9.17) is 0 Å².